The molecule has 0 bridgehead atoms. The van der Waals surface area contributed by atoms with Crippen molar-refractivity contribution in [2.24, 2.45) is 5.92 Å². The van der Waals surface area contributed by atoms with Gasteiger partial charge < -0.3 is 9.47 Å². The zero-order valence-electron chi connectivity index (χ0n) is 15.9. The van der Waals surface area contributed by atoms with Crippen LogP contribution in [0.2, 0.25) is 0 Å². The molecule has 1 heterocycles. The minimum absolute atomic E-state index is 0.601. The molecule has 26 heavy (non-hydrogen) atoms. The molecule has 0 saturated heterocycles. The minimum Gasteiger partial charge on any atom is -0.457 e. The van der Waals surface area contributed by atoms with Crippen molar-refractivity contribution in [1.29, 1.82) is 0 Å². The van der Waals surface area contributed by atoms with E-state index in [9.17, 15) is 0 Å². The normalized spacial score (nSPS) is 16.2. The van der Waals surface area contributed by atoms with Gasteiger partial charge in [-0.2, -0.15) is 0 Å². The van der Waals surface area contributed by atoms with Gasteiger partial charge >= 0.3 is 0 Å². The lowest BCUT2D eigenvalue weighted by Crippen LogP contribution is -2.35. The van der Waals surface area contributed by atoms with Crippen molar-refractivity contribution in [2.75, 3.05) is 33.4 Å². The maximum atomic E-state index is 5.96. The van der Waals surface area contributed by atoms with E-state index in [1.54, 1.807) is 7.11 Å². The van der Waals surface area contributed by atoms with Crippen LogP contribution in [0.15, 0.2) is 66.2 Å². The average molecular weight is 351 g/mol. The van der Waals surface area contributed by atoms with Gasteiger partial charge in [-0.15, -0.1) is 0 Å². The SMILES string of the molecule is COCC1=CCCN(CC(C)Cc2cccc(Oc3ccccc3)c2)C1. The maximum Gasteiger partial charge on any atom is 0.127 e. The quantitative estimate of drug-likeness (QED) is 0.629. The van der Waals surface area contributed by atoms with Gasteiger partial charge in [0.1, 0.15) is 11.5 Å². The van der Waals surface area contributed by atoms with Crippen molar-refractivity contribution in [3.05, 3.63) is 71.8 Å². The van der Waals surface area contributed by atoms with E-state index < -0.39 is 0 Å². The molecule has 2 aromatic rings. The van der Waals surface area contributed by atoms with Crippen molar-refractivity contribution in [3.63, 3.8) is 0 Å². The Labute approximate surface area is 157 Å². The summed E-state index contributed by atoms with van der Waals surface area (Å²) in [6.07, 6.45) is 4.52. The zero-order valence-corrected chi connectivity index (χ0v) is 15.9. The molecule has 0 saturated carbocycles. The van der Waals surface area contributed by atoms with E-state index in [4.69, 9.17) is 9.47 Å². The maximum absolute atomic E-state index is 5.96. The minimum atomic E-state index is 0.601. The monoisotopic (exact) mass is 351 g/mol. The summed E-state index contributed by atoms with van der Waals surface area (Å²) in [5.41, 5.74) is 2.74. The van der Waals surface area contributed by atoms with Crippen LogP contribution in [0.4, 0.5) is 0 Å². The predicted molar refractivity (Wildman–Crippen MR) is 107 cm³/mol. The summed E-state index contributed by atoms with van der Waals surface area (Å²) in [7, 11) is 1.77. The third-order valence-corrected chi connectivity index (χ3v) is 4.67. The van der Waals surface area contributed by atoms with Gasteiger partial charge in [0.25, 0.3) is 0 Å². The van der Waals surface area contributed by atoms with E-state index in [-0.39, 0.29) is 0 Å². The highest BCUT2D eigenvalue weighted by molar-refractivity contribution is 5.34. The van der Waals surface area contributed by atoms with Crippen LogP contribution >= 0.6 is 0 Å². The highest BCUT2D eigenvalue weighted by atomic mass is 16.5. The van der Waals surface area contributed by atoms with Crippen molar-refractivity contribution in [2.45, 2.75) is 19.8 Å². The highest BCUT2D eigenvalue weighted by Crippen LogP contribution is 2.23. The number of benzene rings is 2. The molecule has 1 atom stereocenters. The first-order valence-corrected chi connectivity index (χ1v) is 9.44. The second-order valence-corrected chi connectivity index (χ2v) is 7.19. The Balaban J connectivity index is 1.53. The second-order valence-electron chi connectivity index (χ2n) is 7.19. The lowest BCUT2D eigenvalue weighted by atomic mass is 9.99. The van der Waals surface area contributed by atoms with Gasteiger partial charge in [0.2, 0.25) is 0 Å². The Morgan fingerprint density at radius 2 is 1.85 bits per heavy atom. The number of nitrogens with zero attached hydrogens (tertiary/aromatic N) is 1. The molecular weight excluding hydrogens is 322 g/mol. The lowest BCUT2D eigenvalue weighted by molar-refractivity contribution is 0.196. The van der Waals surface area contributed by atoms with Crippen LogP contribution in [0.3, 0.4) is 0 Å². The Bertz CT molecular complexity index is 711. The summed E-state index contributed by atoms with van der Waals surface area (Å²) in [6, 6.07) is 18.4. The Morgan fingerprint density at radius 1 is 1.04 bits per heavy atom. The fraction of sp³-hybridized carbons (Fsp3) is 0.391. The highest BCUT2D eigenvalue weighted by Gasteiger charge is 2.15. The van der Waals surface area contributed by atoms with Gasteiger partial charge in [-0.25, -0.2) is 0 Å². The molecule has 0 aromatic heterocycles. The molecule has 138 valence electrons. The fourth-order valence-electron chi connectivity index (χ4n) is 3.60. The van der Waals surface area contributed by atoms with Crippen LogP contribution in [0.25, 0.3) is 0 Å². The summed E-state index contributed by atoms with van der Waals surface area (Å²) in [5, 5.41) is 0. The van der Waals surface area contributed by atoms with E-state index in [2.05, 4.69) is 36.1 Å². The van der Waals surface area contributed by atoms with Crippen molar-refractivity contribution in [3.8, 4) is 11.5 Å². The van der Waals surface area contributed by atoms with Crippen molar-refractivity contribution in [1.82, 2.24) is 4.90 Å². The van der Waals surface area contributed by atoms with E-state index in [0.29, 0.717) is 5.92 Å². The number of hydrogen-bond acceptors (Lipinski definition) is 3. The molecule has 1 unspecified atom stereocenters. The number of methoxy groups -OCH3 is 1. The van der Waals surface area contributed by atoms with Crippen LogP contribution in [-0.2, 0) is 11.2 Å². The number of rotatable bonds is 8. The zero-order chi connectivity index (χ0) is 18.2. The van der Waals surface area contributed by atoms with Crippen LogP contribution in [-0.4, -0.2) is 38.3 Å². The third kappa shape index (κ3) is 5.72. The van der Waals surface area contributed by atoms with Crippen molar-refractivity contribution < 1.29 is 9.47 Å². The van der Waals surface area contributed by atoms with Crippen LogP contribution in [0.1, 0.15) is 18.9 Å². The van der Waals surface area contributed by atoms with Gasteiger partial charge in [-0.1, -0.05) is 43.3 Å². The first kappa shape index (κ1) is 18.7. The topological polar surface area (TPSA) is 21.7 Å². The molecule has 3 nitrogen and oxygen atoms in total. The smallest absolute Gasteiger partial charge is 0.127 e. The first-order valence-electron chi connectivity index (χ1n) is 9.44. The average Bonchev–Trinajstić information content (AvgIpc) is 2.63. The van der Waals surface area contributed by atoms with E-state index in [1.807, 2.05) is 36.4 Å². The summed E-state index contributed by atoms with van der Waals surface area (Å²) in [5.74, 6) is 2.39. The molecule has 3 heteroatoms. The van der Waals surface area contributed by atoms with Gasteiger partial charge in [-0.3, -0.25) is 4.90 Å². The Kier molecular flexibility index (Phi) is 6.87. The molecule has 0 fully saturated rings. The van der Waals surface area contributed by atoms with Gasteiger partial charge in [-0.05, 0) is 54.2 Å². The second kappa shape index (κ2) is 9.56. The number of para-hydroxylation sites is 1. The summed E-state index contributed by atoms with van der Waals surface area (Å²) >= 11 is 0. The van der Waals surface area contributed by atoms with Crippen LogP contribution < -0.4 is 4.74 Å². The molecule has 0 spiro atoms. The number of ether oxygens (including phenoxy) is 2. The third-order valence-electron chi connectivity index (χ3n) is 4.67. The van der Waals surface area contributed by atoms with Gasteiger partial charge in [0, 0.05) is 26.7 Å². The predicted octanol–water partition coefficient (Wildman–Crippen LogP) is 4.94. The Morgan fingerprint density at radius 3 is 2.65 bits per heavy atom. The first-order chi connectivity index (χ1) is 12.7. The Hall–Kier alpha value is -2.10. The molecule has 1 aliphatic heterocycles. The van der Waals surface area contributed by atoms with E-state index in [0.717, 1.165) is 50.6 Å². The molecule has 0 amide bonds. The summed E-state index contributed by atoms with van der Waals surface area (Å²) in [6.45, 7) is 6.39. The summed E-state index contributed by atoms with van der Waals surface area (Å²) < 4.78 is 11.2. The molecule has 2 aromatic carbocycles. The fourth-order valence-corrected chi connectivity index (χ4v) is 3.60. The summed E-state index contributed by atoms with van der Waals surface area (Å²) in [4.78, 5) is 2.54. The van der Waals surface area contributed by atoms with Gasteiger partial charge in [0.05, 0.1) is 6.61 Å². The molecule has 1 aliphatic rings. The van der Waals surface area contributed by atoms with E-state index in [1.165, 1.54) is 11.1 Å². The molecular formula is C23H29NO2. The van der Waals surface area contributed by atoms with Crippen LogP contribution in [0.5, 0.6) is 11.5 Å². The number of hydrogen-bond donors (Lipinski definition) is 0. The van der Waals surface area contributed by atoms with Crippen LogP contribution in [0, 0.1) is 5.92 Å². The van der Waals surface area contributed by atoms with Gasteiger partial charge in [0.15, 0.2) is 0 Å². The molecule has 0 radical (unpaired) electrons. The van der Waals surface area contributed by atoms with E-state index >= 15 is 0 Å². The molecule has 0 N–H and O–H groups in total. The molecule has 3 rings (SSSR count). The molecule has 0 aliphatic carbocycles. The largest absolute Gasteiger partial charge is 0.457 e. The van der Waals surface area contributed by atoms with Crippen molar-refractivity contribution >= 4 is 0 Å². The standard InChI is InChI=1S/C23H29NO2/c1-19(16-24-13-7-9-21(17-24)18-25-2)14-20-8-6-12-23(15-20)26-22-10-4-3-5-11-22/h3-6,8-12,15,19H,7,13-14,16-18H2,1-2H3. The lowest BCUT2D eigenvalue weighted by Gasteiger charge is -2.29.